The normalized spacial score (nSPS) is 23.0. The lowest BCUT2D eigenvalue weighted by Gasteiger charge is -2.33. The maximum Gasteiger partial charge on any atom is 0.236 e. The predicted molar refractivity (Wildman–Crippen MR) is 106 cm³/mol. The molecule has 2 aliphatic heterocycles. The van der Waals surface area contributed by atoms with Gasteiger partial charge in [0.2, 0.25) is 5.91 Å². The summed E-state index contributed by atoms with van der Waals surface area (Å²) in [5, 5.41) is 3.36. The first-order chi connectivity index (χ1) is 12.7. The zero-order valence-corrected chi connectivity index (χ0v) is 16.4. The second-order valence-corrected chi connectivity index (χ2v) is 7.80. The van der Waals surface area contributed by atoms with Crippen molar-refractivity contribution in [3.8, 4) is 0 Å². The number of carbonyl (C=O) groups is 1. The van der Waals surface area contributed by atoms with Crippen LogP contribution in [0.15, 0.2) is 24.3 Å². The molecule has 3 rings (SSSR count). The van der Waals surface area contributed by atoms with E-state index in [0.717, 1.165) is 52.2 Å². The van der Waals surface area contributed by atoms with Gasteiger partial charge in [0.1, 0.15) is 0 Å². The Balaban J connectivity index is 1.48. The second kappa shape index (κ2) is 9.49. The van der Waals surface area contributed by atoms with E-state index >= 15 is 0 Å². The Bertz CT molecular complexity index is 591. The Hall–Kier alpha value is -1.43. The second-order valence-electron chi connectivity index (χ2n) is 7.80. The van der Waals surface area contributed by atoms with Crippen LogP contribution in [0.5, 0.6) is 0 Å². The molecule has 1 amide bonds. The van der Waals surface area contributed by atoms with Gasteiger partial charge < -0.3 is 10.2 Å². The Morgan fingerprint density at radius 1 is 1.08 bits per heavy atom. The van der Waals surface area contributed by atoms with Crippen LogP contribution in [0.25, 0.3) is 0 Å². The molecule has 26 heavy (non-hydrogen) atoms. The van der Waals surface area contributed by atoms with Crippen molar-refractivity contribution >= 4 is 5.91 Å². The maximum atomic E-state index is 12.8. The summed E-state index contributed by atoms with van der Waals surface area (Å²) in [6.07, 6.45) is 3.47. The number of hydrogen-bond acceptors (Lipinski definition) is 4. The number of benzene rings is 1. The van der Waals surface area contributed by atoms with E-state index in [1.165, 1.54) is 24.0 Å². The van der Waals surface area contributed by atoms with Crippen LogP contribution >= 0.6 is 0 Å². The van der Waals surface area contributed by atoms with Gasteiger partial charge in [0.25, 0.3) is 0 Å². The average molecular weight is 359 g/mol. The summed E-state index contributed by atoms with van der Waals surface area (Å²) in [5.41, 5.74) is 2.76. The minimum atomic E-state index is 0.305. The van der Waals surface area contributed by atoms with Crippen LogP contribution in [-0.2, 0) is 11.3 Å². The zero-order valence-electron chi connectivity index (χ0n) is 16.4. The number of hydrogen-bond donors (Lipinski definition) is 1. The molecular weight excluding hydrogens is 324 g/mol. The molecule has 2 fully saturated rings. The van der Waals surface area contributed by atoms with Crippen LogP contribution in [0.1, 0.15) is 30.4 Å². The van der Waals surface area contributed by atoms with E-state index in [-0.39, 0.29) is 0 Å². The van der Waals surface area contributed by atoms with E-state index in [1.807, 2.05) is 7.05 Å². The lowest BCUT2D eigenvalue weighted by Crippen LogP contribution is -2.49. The fraction of sp³-hybridized carbons (Fsp3) is 0.667. The third-order valence-electron chi connectivity index (χ3n) is 5.87. The summed E-state index contributed by atoms with van der Waals surface area (Å²) in [5.74, 6) is 0.305. The fourth-order valence-electron chi connectivity index (χ4n) is 4.13. The fourth-order valence-corrected chi connectivity index (χ4v) is 4.13. The summed E-state index contributed by atoms with van der Waals surface area (Å²) in [6.45, 7) is 9.59. The first kappa shape index (κ1) is 19.3. The average Bonchev–Trinajstić information content (AvgIpc) is 2.89. The summed E-state index contributed by atoms with van der Waals surface area (Å²) in [6, 6.07) is 9.15. The molecule has 1 atom stereocenters. The largest absolute Gasteiger partial charge is 0.340 e. The predicted octanol–water partition coefficient (Wildman–Crippen LogP) is 1.71. The first-order valence-corrected chi connectivity index (χ1v) is 10.1. The minimum absolute atomic E-state index is 0.305. The van der Waals surface area contributed by atoms with E-state index in [2.05, 4.69) is 51.2 Å². The summed E-state index contributed by atoms with van der Waals surface area (Å²) >= 11 is 0. The zero-order chi connectivity index (χ0) is 18.4. The van der Waals surface area contributed by atoms with Crippen LogP contribution in [0.3, 0.4) is 0 Å². The number of amides is 1. The highest BCUT2D eigenvalue weighted by Crippen LogP contribution is 2.14. The molecule has 5 heteroatoms. The number of rotatable bonds is 5. The van der Waals surface area contributed by atoms with E-state index < -0.39 is 0 Å². The Morgan fingerprint density at radius 3 is 2.69 bits per heavy atom. The molecule has 0 aliphatic carbocycles. The van der Waals surface area contributed by atoms with Gasteiger partial charge in [-0.15, -0.1) is 0 Å². The number of nitrogens with one attached hydrogen (secondary N) is 1. The maximum absolute atomic E-state index is 12.8. The number of carbonyl (C=O) groups excluding carboxylic acids is 1. The minimum Gasteiger partial charge on any atom is -0.340 e. The lowest BCUT2D eigenvalue weighted by atomic mass is 10.1. The third kappa shape index (κ3) is 5.29. The van der Waals surface area contributed by atoms with E-state index in [0.29, 0.717) is 18.5 Å². The smallest absolute Gasteiger partial charge is 0.236 e. The molecule has 144 valence electrons. The van der Waals surface area contributed by atoms with Crippen LogP contribution in [-0.4, -0.2) is 79.5 Å². The van der Waals surface area contributed by atoms with Crippen molar-refractivity contribution < 1.29 is 4.79 Å². The van der Waals surface area contributed by atoms with Gasteiger partial charge >= 0.3 is 0 Å². The van der Waals surface area contributed by atoms with Crippen LogP contribution in [0, 0.1) is 6.92 Å². The molecule has 2 saturated heterocycles. The summed E-state index contributed by atoms with van der Waals surface area (Å²) in [7, 11) is 2.02. The number of likely N-dealkylation sites (N-methyl/N-ethyl adjacent to an activating group) is 1. The van der Waals surface area contributed by atoms with Crippen molar-refractivity contribution in [2.45, 2.75) is 38.8 Å². The van der Waals surface area contributed by atoms with E-state index in [9.17, 15) is 4.79 Å². The molecule has 2 heterocycles. The van der Waals surface area contributed by atoms with Gasteiger partial charge in [-0.1, -0.05) is 24.3 Å². The van der Waals surface area contributed by atoms with Crippen molar-refractivity contribution in [3.63, 3.8) is 0 Å². The van der Waals surface area contributed by atoms with Crippen LogP contribution in [0.4, 0.5) is 0 Å². The van der Waals surface area contributed by atoms with Crippen molar-refractivity contribution in [2.24, 2.45) is 0 Å². The van der Waals surface area contributed by atoms with Gasteiger partial charge in [-0.3, -0.25) is 14.6 Å². The van der Waals surface area contributed by atoms with Gasteiger partial charge in [-0.2, -0.15) is 0 Å². The molecule has 0 bridgehead atoms. The number of piperidine rings is 1. The molecule has 0 spiro atoms. The van der Waals surface area contributed by atoms with Crippen molar-refractivity contribution in [1.82, 2.24) is 20.0 Å². The summed E-state index contributed by atoms with van der Waals surface area (Å²) in [4.78, 5) is 19.7. The highest BCUT2D eigenvalue weighted by Gasteiger charge is 2.24. The Morgan fingerprint density at radius 2 is 1.88 bits per heavy atom. The van der Waals surface area contributed by atoms with Gasteiger partial charge in [0.15, 0.2) is 0 Å². The molecule has 0 aromatic heterocycles. The molecule has 5 nitrogen and oxygen atoms in total. The third-order valence-corrected chi connectivity index (χ3v) is 5.87. The van der Waals surface area contributed by atoms with Crippen LogP contribution < -0.4 is 5.32 Å². The number of aryl methyl sites for hydroxylation is 1. The Kier molecular flexibility index (Phi) is 7.06. The van der Waals surface area contributed by atoms with Crippen molar-refractivity contribution in [1.29, 1.82) is 0 Å². The van der Waals surface area contributed by atoms with E-state index in [1.54, 1.807) is 0 Å². The first-order valence-electron chi connectivity index (χ1n) is 10.1. The molecule has 1 aromatic rings. The van der Waals surface area contributed by atoms with Gasteiger partial charge in [0, 0.05) is 45.3 Å². The topological polar surface area (TPSA) is 38.8 Å². The van der Waals surface area contributed by atoms with E-state index in [4.69, 9.17) is 0 Å². The van der Waals surface area contributed by atoms with Gasteiger partial charge in [-0.05, 0) is 50.9 Å². The molecular formula is C21H34N4O. The molecule has 1 unspecified atom stereocenters. The standard InChI is InChI=1S/C21H34N4O/c1-18-7-3-4-8-19(18)15-23-11-6-12-25(14-13-23)21(26)17-24-10-5-9-20(16-24)22-2/h3-4,7-8,20,22H,5-6,9-17H2,1-2H3. The monoisotopic (exact) mass is 358 g/mol. The molecule has 1 aromatic carbocycles. The van der Waals surface area contributed by atoms with Crippen molar-refractivity contribution in [2.75, 3.05) is 52.9 Å². The number of likely N-dealkylation sites (tertiary alicyclic amines) is 1. The van der Waals surface area contributed by atoms with Gasteiger partial charge in [-0.25, -0.2) is 0 Å². The summed E-state index contributed by atoms with van der Waals surface area (Å²) < 4.78 is 0. The molecule has 1 N–H and O–H groups in total. The number of nitrogens with zero attached hydrogens (tertiary/aromatic N) is 3. The highest BCUT2D eigenvalue weighted by atomic mass is 16.2. The molecule has 0 saturated carbocycles. The molecule has 2 aliphatic rings. The molecule has 0 radical (unpaired) electrons. The Labute approximate surface area is 158 Å². The van der Waals surface area contributed by atoms with Crippen LogP contribution in [0.2, 0.25) is 0 Å². The van der Waals surface area contributed by atoms with Crippen molar-refractivity contribution in [3.05, 3.63) is 35.4 Å². The highest BCUT2D eigenvalue weighted by molar-refractivity contribution is 5.78. The quantitative estimate of drug-likeness (QED) is 0.870. The van der Waals surface area contributed by atoms with Gasteiger partial charge in [0.05, 0.1) is 6.54 Å². The lowest BCUT2D eigenvalue weighted by molar-refractivity contribution is -0.132. The SMILES string of the molecule is CNC1CCCN(CC(=O)N2CCCN(Cc3ccccc3C)CC2)C1.